The maximum atomic E-state index is 5.92. The summed E-state index contributed by atoms with van der Waals surface area (Å²) in [5.41, 5.74) is 12.5. The number of nitrogens with two attached hydrogens (primary N) is 2. The zero-order valence-corrected chi connectivity index (χ0v) is 7.72. The summed E-state index contributed by atoms with van der Waals surface area (Å²) in [6.45, 7) is 1.01. The fraction of sp³-hybridized carbons (Fsp3) is 0.556. The van der Waals surface area contributed by atoms with E-state index >= 15 is 0 Å². The van der Waals surface area contributed by atoms with Crippen LogP contribution in [-0.4, -0.2) is 22.6 Å². The molecule has 4 unspecified atom stereocenters. The van der Waals surface area contributed by atoms with Gasteiger partial charge in [-0.05, 0) is 11.8 Å². The Morgan fingerprint density at radius 3 is 2.64 bits per heavy atom. The highest BCUT2D eigenvalue weighted by atomic mass is 15.1. The second-order valence-corrected chi connectivity index (χ2v) is 4.08. The molecule has 1 aliphatic heterocycles. The van der Waals surface area contributed by atoms with E-state index in [4.69, 9.17) is 11.5 Å². The maximum Gasteiger partial charge on any atom is 0.219 e. The van der Waals surface area contributed by atoms with Gasteiger partial charge in [0, 0.05) is 36.6 Å². The molecule has 14 heavy (non-hydrogen) atoms. The smallest absolute Gasteiger partial charge is 0.219 e. The minimum absolute atomic E-state index is 0.323. The lowest BCUT2D eigenvalue weighted by molar-refractivity contribution is 0.534. The van der Waals surface area contributed by atoms with Crippen LogP contribution in [0.1, 0.15) is 11.6 Å². The molecule has 74 valence electrons. The fourth-order valence-corrected chi connectivity index (χ4v) is 2.42. The van der Waals surface area contributed by atoms with Crippen LogP contribution in [0.5, 0.6) is 0 Å². The van der Waals surface area contributed by atoms with Crippen molar-refractivity contribution >= 4 is 5.95 Å². The molecule has 1 saturated heterocycles. The van der Waals surface area contributed by atoms with Crippen LogP contribution in [0, 0.1) is 11.8 Å². The van der Waals surface area contributed by atoms with E-state index in [-0.39, 0.29) is 0 Å². The zero-order valence-electron chi connectivity index (χ0n) is 7.72. The molecule has 1 aromatic rings. The summed E-state index contributed by atoms with van der Waals surface area (Å²) in [6, 6.07) is 0.689. The second-order valence-electron chi connectivity index (χ2n) is 4.08. The molecule has 1 aliphatic carbocycles. The lowest BCUT2D eigenvalue weighted by Gasteiger charge is -2.13. The topological polar surface area (TPSA) is 89.8 Å². The van der Waals surface area contributed by atoms with Crippen LogP contribution in [0.4, 0.5) is 5.95 Å². The van der Waals surface area contributed by atoms with Gasteiger partial charge < -0.3 is 16.8 Å². The first-order chi connectivity index (χ1) is 6.77. The van der Waals surface area contributed by atoms with Crippen LogP contribution < -0.4 is 16.8 Å². The molecule has 5 heteroatoms. The highest BCUT2D eigenvalue weighted by Gasteiger charge is 2.56. The van der Waals surface area contributed by atoms with Crippen molar-refractivity contribution < 1.29 is 0 Å². The zero-order chi connectivity index (χ0) is 9.71. The number of nitrogens with zero attached hydrogens (tertiary/aromatic N) is 2. The van der Waals surface area contributed by atoms with Crippen molar-refractivity contribution in [3.63, 3.8) is 0 Å². The first kappa shape index (κ1) is 8.14. The summed E-state index contributed by atoms with van der Waals surface area (Å²) in [6.07, 6.45) is 3.57. The van der Waals surface area contributed by atoms with Gasteiger partial charge in [-0.25, -0.2) is 9.97 Å². The predicted octanol–water partition coefficient (Wildman–Crippen LogP) is -0.724. The lowest BCUT2D eigenvalue weighted by Crippen LogP contribution is -2.26. The van der Waals surface area contributed by atoms with Crippen LogP contribution in [0.2, 0.25) is 0 Å². The van der Waals surface area contributed by atoms with Gasteiger partial charge >= 0.3 is 0 Å². The molecule has 1 aromatic heterocycles. The predicted molar refractivity (Wildman–Crippen MR) is 52.1 cm³/mol. The van der Waals surface area contributed by atoms with E-state index in [1.807, 2.05) is 0 Å². The number of aromatic nitrogens is 2. The van der Waals surface area contributed by atoms with Crippen molar-refractivity contribution in [3.05, 3.63) is 18.0 Å². The summed E-state index contributed by atoms with van der Waals surface area (Å²) in [5.74, 6) is 1.54. The van der Waals surface area contributed by atoms with E-state index in [0.717, 1.165) is 12.1 Å². The summed E-state index contributed by atoms with van der Waals surface area (Å²) in [4.78, 5) is 7.98. The van der Waals surface area contributed by atoms with Crippen molar-refractivity contribution in [2.75, 3.05) is 12.3 Å². The van der Waals surface area contributed by atoms with Crippen molar-refractivity contribution in [2.24, 2.45) is 17.6 Å². The number of hydrogen-bond acceptors (Lipinski definition) is 5. The van der Waals surface area contributed by atoms with Crippen molar-refractivity contribution in [1.29, 1.82) is 0 Å². The summed E-state index contributed by atoms with van der Waals surface area (Å²) >= 11 is 0. The standard InChI is InChI=1S/C9H13N5/c10-7-5-3-12-8(6(5)7)4-1-13-9(11)14-2-4/h1-2,5-8,12H,3,10H2,(H2,11,13,14). The molecule has 0 amide bonds. The van der Waals surface area contributed by atoms with Gasteiger partial charge in [-0.3, -0.25) is 0 Å². The van der Waals surface area contributed by atoms with Crippen LogP contribution in [-0.2, 0) is 0 Å². The average molecular weight is 191 g/mol. The molecule has 3 rings (SSSR count). The number of rotatable bonds is 1. The molecular weight excluding hydrogens is 178 g/mol. The number of nitrogens with one attached hydrogen (secondary N) is 1. The van der Waals surface area contributed by atoms with Crippen LogP contribution in [0.25, 0.3) is 0 Å². The van der Waals surface area contributed by atoms with Gasteiger partial charge in [-0.1, -0.05) is 0 Å². The van der Waals surface area contributed by atoms with Gasteiger partial charge in [0.15, 0.2) is 0 Å². The Hall–Kier alpha value is -1.20. The molecule has 0 aromatic carbocycles. The molecule has 5 N–H and O–H groups in total. The third-order valence-electron chi connectivity index (χ3n) is 3.30. The van der Waals surface area contributed by atoms with Gasteiger partial charge in [0.1, 0.15) is 0 Å². The highest BCUT2D eigenvalue weighted by molar-refractivity contribution is 5.26. The van der Waals surface area contributed by atoms with Gasteiger partial charge in [0.05, 0.1) is 0 Å². The van der Waals surface area contributed by atoms with Crippen LogP contribution in [0.3, 0.4) is 0 Å². The Balaban J connectivity index is 1.86. The summed E-state index contributed by atoms with van der Waals surface area (Å²) < 4.78 is 0. The van der Waals surface area contributed by atoms with Crippen molar-refractivity contribution in [3.8, 4) is 0 Å². The third kappa shape index (κ3) is 1.03. The monoisotopic (exact) mass is 191 g/mol. The molecule has 2 heterocycles. The number of hydrogen-bond donors (Lipinski definition) is 3. The third-order valence-corrected chi connectivity index (χ3v) is 3.30. The van der Waals surface area contributed by atoms with Gasteiger partial charge in [0.25, 0.3) is 0 Å². The molecule has 2 aliphatic rings. The van der Waals surface area contributed by atoms with E-state index in [0.29, 0.717) is 29.9 Å². The van der Waals surface area contributed by atoms with E-state index < -0.39 is 0 Å². The van der Waals surface area contributed by atoms with E-state index in [1.165, 1.54) is 0 Å². The van der Waals surface area contributed by atoms with Gasteiger partial charge in [-0.2, -0.15) is 0 Å². The lowest BCUT2D eigenvalue weighted by atomic mass is 10.1. The van der Waals surface area contributed by atoms with Crippen molar-refractivity contribution in [2.45, 2.75) is 12.1 Å². The van der Waals surface area contributed by atoms with E-state index in [9.17, 15) is 0 Å². The molecule has 1 saturated carbocycles. The molecule has 0 radical (unpaired) electrons. The molecule has 2 fully saturated rings. The number of anilines is 1. The number of piperidine rings is 1. The number of nitrogen functional groups attached to an aromatic ring is 1. The van der Waals surface area contributed by atoms with E-state index in [2.05, 4.69) is 15.3 Å². The molecule has 5 nitrogen and oxygen atoms in total. The maximum absolute atomic E-state index is 5.92. The Morgan fingerprint density at radius 2 is 2.07 bits per heavy atom. The second kappa shape index (κ2) is 2.65. The largest absolute Gasteiger partial charge is 0.368 e. The molecular formula is C9H13N5. The van der Waals surface area contributed by atoms with Gasteiger partial charge in [0.2, 0.25) is 5.95 Å². The minimum Gasteiger partial charge on any atom is -0.368 e. The molecule has 0 spiro atoms. The average Bonchev–Trinajstić information content (AvgIpc) is 2.63. The van der Waals surface area contributed by atoms with E-state index in [1.54, 1.807) is 12.4 Å². The van der Waals surface area contributed by atoms with Crippen LogP contribution >= 0.6 is 0 Å². The normalized spacial score (nSPS) is 39.5. The quantitative estimate of drug-likeness (QED) is 0.545. The Labute approximate surface area is 81.9 Å². The minimum atomic E-state index is 0.323. The number of fused-ring (bicyclic) bond motifs is 1. The first-order valence-electron chi connectivity index (χ1n) is 4.84. The first-order valence-corrected chi connectivity index (χ1v) is 4.84. The summed E-state index contributed by atoms with van der Waals surface area (Å²) in [7, 11) is 0. The molecule has 4 atom stereocenters. The Morgan fingerprint density at radius 1 is 1.36 bits per heavy atom. The van der Waals surface area contributed by atoms with Crippen LogP contribution in [0.15, 0.2) is 12.4 Å². The fourth-order valence-electron chi connectivity index (χ4n) is 2.42. The van der Waals surface area contributed by atoms with Crippen molar-refractivity contribution in [1.82, 2.24) is 15.3 Å². The summed E-state index contributed by atoms with van der Waals surface area (Å²) in [5, 5.41) is 3.42. The van der Waals surface area contributed by atoms with Gasteiger partial charge in [-0.15, -0.1) is 0 Å². The highest BCUT2D eigenvalue weighted by Crippen LogP contribution is 2.50. The SMILES string of the molecule is Nc1ncc(C2NCC3C(N)C23)cn1. The Bertz CT molecular complexity index is 349. The Kier molecular flexibility index (Phi) is 1.54. The molecule has 0 bridgehead atoms.